The van der Waals surface area contributed by atoms with Gasteiger partial charge in [0.2, 0.25) is 0 Å². The van der Waals surface area contributed by atoms with E-state index in [0.29, 0.717) is 27.7 Å². The standard InChI is InChI=1S/C15H17BrFN3O/c1-9-3-2-6-15(18,8-9)14-19-13(21-20-14)11-5-4-10(17)7-12(11)16/h4-5,7,9H,2-3,6,8,18H2,1H3. The zero-order valence-electron chi connectivity index (χ0n) is 11.8. The van der Waals surface area contributed by atoms with E-state index < -0.39 is 5.54 Å². The van der Waals surface area contributed by atoms with Crippen molar-refractivity contribution >= 4 is 15.9 Å². The Hall–Kier alpha value is -1.27. The number of nitrogens with two attached hydrogens (primary N) is 1. The Kier molecular flexibility index (Phi) is 3.84. The van der Waals surface area contributed by atoms with E-state index in [2.05, 4.69) is 33.0 Å². The molecule has 1 aromatic heterocycles. The van der Waals surface area contributed by atoms with Crippen LogP contribution in [-0.2, 0) is 5.54 Å². The minimum atomic E-state index is -0.522. The Balaban J connectivity index is 1.92. The molecule has 0 amide bonds. The van der Waals surface area contributed by atoms with Crippen molar-refractivity contribution in [3.63, 3.8) is 0 Å². The fraction of sp³-hybridized carbons (Fsp3) is 0.467. The summed E-state index contributed by atoms with van der Waals surface area (Å²) in [5.74, 6) is 1.14. The molecule has 112 valence electrons. The maximum atomic E-state index is 13.1. The second kappa shape index (κ2) is 5.50. The third-order valence-electron chi connectivity index (χ3n) is 4.07. The highest BCUT2D eigenvalue weighted by Crippen LogP contribution is 2.37. The lowest BCUT2D eigenvalue weighted by Crippen LogP contribution is -2.42. The van der Waals surface area contributed by atoms with E-state index in [4.69, 9.17) is 10.3 Å². The Bertz CT molecular complexity index is 660. The third kappa shape index (κ3) is 2.87. The molecule has 6 heteroatoms. The fourth-order valence-corrected chi connectivity index (χ4v) is 3.51. The largest absolute Gasteiger partial charge is 0.334 e. The average Bonchev–Trinajstić information content (AvgIpc) is 2.88. The maximum Gasteiger partial charge on any atom is 0.259 e. The Morgan fingerprint density at radius 1 is 1.48 bits per heavy atom. The van der Waals surface area contributed by atoms with Crippen LogP contribution in [0.1, 0.15) is 38.4 Å². The minimum Gasteiger partial charge on any atom is -0.334 e. The average molecular weight is 354 g/mol. The Morgan fingerprint density at radius 2 is 2.29 bits per heavy atom. The van der Waals surface area contributed by atoms with Crippen molar-refractivity contribution in [1.82, 2.24) is 10.1 Å². The molecule has 1 aliphatic carbocycles. The quantitative estimate of drug-likeness (QED) is 0.885. The van der Waals surface area contributed by atoms with Crippen molar-refractivity contribution in [1.29, 1.82) is 0 Å². The van der Waals surface area contributed by atoms with Crippen molar-refractivity contribution < 1.29 is 8.91 Å². The lowest BCUT2D eigenvalue weighted by molar-refractivity contribution is 0.222. The van der Waals surface area contributed by atoms with Gasteiger partial charge in [0, 0.05) is 4.47 Å². The van der Waals surface area contributed by atoms with Gasteiger partial charge in [0.05, 0.1) is 11.1 Å². The number of aromatic nitrogens is 2. The summed E-state index contributed by atoms with van der Waals surface area (Å²) in [5, 5.41) is 4.06. The van der Waals surface area contributed by atoms with E-state index in [1.54, 1.807) is 6.07 Å². The van der Waals surface area contributed by atoms with E-state index >= 15 is 0 Å². The molecular weight excluding hydrogens is 337 g/mol. The molecule has 1 heterocycles. The molecule has 4 nitrogen and oxygen atoms in total. The van der Waals surface area contributed by atoms with Crippen molar-refractivity contribution in [2.45, 2.75) is 38.1 Å². The van der Waals surface area contributed by atoms with Gasteiger partial charge >= 0.3 is 0 Å². The molecule has 0 aliphatic heterocycles. The highest BCUT2D eigenvalue weighted by molar-refractivity contribution is 9.10. The first kappa shape index (κ1) is 14.7. The number of halogens is 2. The van der Waals surface area contributed by atoms with Gasteiger partial charge in [-0.2, -0.15) is 4.98 Å². The molecule has 0 spiro atoms. The first-order chi connectivity index (χ1) is 9.98. The van der Waals surface area contributed by atoms with Crippen LogP contribution in [-0.4, -0.2) is 10.1 Å². The number of nitrogens with zero attached hydrogens (tertiary/aromatic N) is 2. The molecule has 0 bridgehead atoms. The number of hydrogen-bond donors (Lipinski definition) is 1. The first-order valence-electron chi connectivity index (χ1n) is 7.06. The van der Waals surface area contributed by atoms with Crippen LogP contribution in [0.5, 0.6) is 0 Å². The van der Waals surface area contributed by atoms with Gasteiger partial charge in [-0.3, -0.25) is 0 Å². The summed E-state index contributed by atoms with van der Waals surface area (Å²) in [6.07, 6.45) is 3.98. The van der Waals surface area contributed by atoms with Gasteiger partial charge in [0.25, 0.3) is 5.89 Å². The van der Waals surface area contributed by atoms with Gasteiger partial charge < -0.3 is 10.3 Å². The molecule has 1 aromatic carbocycles. The molecule has 0 radical (unpaired) electrons. The second-order valence-corrected chi connectivity index (χ2v) is 6.76. The molecule has 21 heavy (non-hydrogen) atoms. The van der Waals surface area contributed by atoms with E-state index in [-0.39, 0.29) is 5.82 Å². The van der Waals surface area contributed by atoms with Crippen molar-refractivity contribution in [3.8, 4) is 11.5 Å². The van der Waals surface area contributed by atoms with Gasteiger partial charge in [-0.05, 0) is 52.9 Å². The van der Waals surface area contributed by atoms with E-state index in [1.807, 2.05) is 0 Å². The highest BCUT2D eigenvalue weighted by atomic mass is 79.9. The molecule has 0 saturated heterocycles. The molecular formula is C15H17BrFN3O. The molecule has 1 aliphatic rings. The minimum absolute atomic E-state index is 0.318. The first-order valence-corrected chi connectivity index (χ1v) is 7.86. The zero-order chi connectivity index (χ0) is 15.0. The molecule has 2 unspecified atom stereocenters. The summed E-state index contributed by atoms with van der Waals surface area (Å²) in [7, 11) is 0. The molecule has 3 rings (SSSR count). The highest BCUT2D eigenvalue weighted by Gasteiger charge is 2.37. The van der Waals surface area contributed by atoms with Gasteiger partial charge in [-0.1, -0.05) is 24.9 Å². The van der Waals surface area contributed by atoms with Crippen molar-refractivity contribution in [2.24, 2.45) is 11.7 Å². The van der Waals surface area contributed by atoms with Crippen molar-refractivity contribution in [3.05, 3.63) is 34.3 Å². The molecule has 2 aromatic rings. The van der Waals surface area contributed by atoms with Crippen LogP contribution in [0.25, 0.3) is 11.5 Å². The van der Waals surface area contributed by atoms with Crippen LogP contribution in [0.2, 0.25) is 0 Å². The summed E-state index contributed by atoms with van der Waals surface area (Å²) in [4.78, 5) is 4.45. The van der Waals surface area contributed by atoms with Gasteiger partial charge in [-0.25, -0.2) is 4.39 Å². The number of hydrogen-bond acceptors (Lipinski definition) is 4. The molecule has 2 atom stereocenters. The fourth-order valence-electron chi connectivity index (χ4n) is 2.99. The normalized spacial score (nSPS) is 26.0. The van der Waals surface area contributed by atoms with E-state index in [9.17, 15) is 4.39 Å². The summed E-state index contributed by atoms with van der Waals surface area (Å²) in [6.45, 7) is 2.19. The van der Waals surface area contributed by atoms with Gasteiger partial charge in [-0.15, -0.1) is 0 Å². The SMILES string of the molecule is CC1CCCC(N)(c2noc(-c3ccc(F)cc3Br)n2)C1. The van der Waals surface area contributed by atoms with Crippen LogP contribution in [0.4, 0.5) is 4.39 Å². The smallest absolute Gasteiger partial charge is 0.259 e. The maximum absolute atomic E-state index is 13.1. The lowest BCUT2D eigenvalue weighted by atomic mass is 9.76. The van der Waals surface area contributed by atoms with Crippen LogP contribution < -0.4 is 5.73 Å². The van der Waals surface area contributed by atoms with E-state index in [1.165, 1.54) is 18.6 Å². The number of benzene rings is 1. The Labute approximate surface area is 131 Å². The molecule has 1 saturated carbocycles. The summed E-state index contributed by atoms with van der Waals surface area (Å²) < 4.78 is 19.1. The van der Waals surface area contributed by atoms with E-state index in [0.717, 1.165) is 19.3 Å². The second-order valence-electron chi connectivity index (χ2n) is 5.90. The van der Waals surface area contributed by atoms with Crippen LogP contribution in [0, 0.1) is 11.7 Å². The Morgan fingerprint density at radius 3 is 3.00 bits per heavy atom. The molecule has 2 N–H and O–H groups in total. The predicted octanol–water partition coefficient (Wildman–Crippen LogP) is 4.00. The van der Waals surface area contributed by atoms with Crippen LogP contribution >= 0.6 is 15.9 Å². The predicted molar refractivity (Wildman–Crippen MR) is 80.9 cm³/mol. The summed E-state index contributed by atoms with van der Waals surface area (Å²) in [5.41, 5.74) is 6.61. The van der Waals surface area contributed by atoms with Gasteiger partial charge in [0.1, 0.15) is 5.82 Å². The summed E-state index contributed by atoms with van der Waals surface area (Å²) >= 11 is 3.31. The molecule has 1 fully saturated rings. The third-order valence-corrected chi connectivity index (χ3v) is 4.72. The lowest BCUT2D eigenvalue weighted by Gasteiger charge is -2.33. The van der Waals surface area contributed by atoms with Gasteiger partial charge in [0.15, 0.2) is 5.82 Å². The number of rotatable bonds is 2. The van der Waals surface area contributed by atoms with Crippen LogP contribution in [0.3, 0.4) is 0 Å². The summed E-state index contributed by atoms with van der Waals surface area (Å²) in [6, 6.07) is 4.36. The topological polar surface area (TPSA) is 64.9 Å². The zero-order valence-corrected chi connectivity index (χ0v) is 13.4. The monoisotopic (exact) mass is 353 g/mol. The van der Waals surface area contributed by atoms with Crippen LogP contribution in [0.15, 0.2) is 27.2 Å². The van der Waals surface area contributed by atoms with Crippen molar-refractivity contribution in [2.75, 3.05) is 0 Å².